The highest BCUT2D eigenvalue weighted by Crippen LogP contribution is 2.19. The molecule has 0 aliphatic heterocycles. The number of aromatic nitrogens is 2. The zero-order chi connectivity index (χ0) is 18.8. The molecule has 0 aliphatic rings. The molecule has 0 bridgehead atoms. The highest BCUT2D eigenvalue weighted by molar-refractivity contribution is 6.29. The summed E-state index contributed by atoms with van der Waals surface area (Å²) in [5.74, 6) is -1.75. The van der Waals surface area contributed by atoms with Gasteiger partial charge in [0.25, 0.3) is 0 Å². The number of esters is 1. The first-order valence-electron chi connectivity index (χ1n) is 7.71. The van der Waals surface area contributed by atoms with E-state index in [4.69, 9.17) is 20.8 Å². The van der Waals surface area contributed by atoms with Crippen LogP contribution in [0.1, 0.15) is 17.3 Å². The van der Waals surface area contributed by atoms with Gasteiger partial charge in [-0.1, -0.05) is 23.7 Å². The normalized spacial score (nSPS) is 10.8. The summed E-state index contributed by atoms with van der Waals surface area (Å²) in [7, 11) is 1.63. The molecule has 26 heavy (non-hydrogen) atoms. The minimum atomic E-state index is -0.874. The first kappa shape index (κ1) is 17.9. The molecule has 0 radical (unpaired) electrons. The molecule has 0 fully saturated rings. The molecule has 2 heterocycles. The second kappa shape index (κ2) is 7.13. The minimum Gasteiger partial charge on any atom is -0.462 e. The number of rotatable bonds is 2. The fourth-order valence-corrected chi connectivity index (χ4v) is 2.63. The molecular formula is C18H14ClFN2O4. The van der Waals surface area contributed by atoms with E-state index in [0.29, 0.717) is 11.1 Å². The molecule has 0 N–H and O–H groups in total. The average Bonchev–Trinajstić information content (AvgIpc) is 2.66. The summed E-state index contributed by atoms with van der Waals surface area (Å²) in [5.41, 5.74) is -0.129. The van der Waals surface area contributed by atoms with E-state index in [-0.39, 0.29) is 28.4 Å². The number of carbonyl (C=O) groups excluding carboxylic acids is 1. The van der Waals surface area contributed by atoms with Gasteiger partial charge in [-0.25, -0.2) is 14.2 Å². The zero-order valence-electron chi connectivity index (χ0n) is 14.0. The summed E-state index contributed by atoms with van der Waals surface area (Å²) in [6.45, 7) is 1.68. The van der Waals surface area contributed by atoms with Crippen LogP contribution >= 0.6 is 11.6 Å². The summed E-state index contributed by atoms with van der Waals surface area (Å²) in [5, 5.41) is -0.517. The SMILES string of the molecule is CCOC(=O)c1coc2ccccc2n(C)c2nc(Cl)c(F)cc2c1=O. The molecule has 1 aromatic carbocycles. The van der Waals surface area contributed by atoms with Crippen molar-refractivity contribution in [3.63, 3.8) is 0 Å². The Morgan fingerprint density at radius 1 is 1.38 bits per heavy atom. The molecule has 8 heteroatoms. The predicted molar refractivity (Wildman–Crippen MR) is 95.3 cm³/mol. The predicted octanol–water partition coefficient (Wildman–Crippen LogP) is 3.77. The van der Waals surface area contributed by atoms with Gasteiger partial charge in [-0.05, 0) is 25.1 Å². The van der Waals surface area contributed by atoms with Crippen molar-refractivity contribution in [3.05, 3.63) is 63.4 Å². The van der Waals surface area contributed by atoms with Gasteiger partial charge in [0.05, 0.1) is 17.5 Å². The van der Waals surface area contributed by atoms with E-state index >= 15 is 0 Å². The number of para-hydroxylation sites is 2. The van der Waals surface area contributed by atoms with Gasteiger partial charge in [0.15, 0.2) is 11.0 Å². The van der Waals surface area contributed by atoms with E-state index in [1.54, 1.807) is 38.2 Å². The van der Waals surface area contributed by atoms with Gasteiger partial charge >= 0.3 is 5.97 Å². The van der Waals surface area contributed by atoms with Crippen molar-refractivity contribution in [1.29, 1.82) is 0 Å². The average molecular weight is 377 g/mol. The molecule has 0 saturated heterocycles. The fraction of sp³-hybridized carbons (Fsp3) is 0.167. The van der Waals surface area contributed by atoms with Crippen molar-refractivity contribution in [2.45, 2.75) is 6.92 Å². The molecule has 0 spiro atoms. The van der Waals surface area contributed by atoms with E-state index in [1.165, 1.54) is 4.57 Å². The standard InChI is InChI=1S/C18H14ClFN2O4/c1-3-25-18(24)11-9-26-14-7-5-4-6-13(14)22(2)17-10(15(11)23)8-12(20)16(19)21-17/h4-9H,3H2,1-2H3. The molecule has 0 unspecified atom stereocenters. The van der Waals surface area contributed by atoms with Crippen LogP contribution in [0.3, 0.4) is 0 Å². The van der Waals surface area contributed by atoms with Crippen LogP contribution in [0.15, 0.2) is 45.8 Å². The van der Waals surface area contributed by atoms with Crippen LogP contribution in [-0.2, 0) is 11.8 Å². The lowest BCUT2D eigenvalue weighted by Crippen LogP contribution is -2.16. The number of benzene rings is 1. The third-order valence-electron chi connectivity index (χ3n) is 3.75. The van der Waals surface area contributed by atoms with E-state index < -0.39 is 17.2 Å². The molecule has 0 amide bonds. The Hall–Kier alpha value is -2.93. The molecule has 0 aliphatic carbocycles. The second-order valence-corrected chi connectivity index (χ2v) is 5.72. The topological polar surface area (TPSA) is 74.3 Å². The smallest absolute Gasteiger partial charge is 0.345 e. The van der Waals surface area contributed by atoms with Gasteiger partial charge in [-0.2, -0.15) is 0 Å². The third kappa shape index (κ3) is 3.13. The van der Waals surface area contributed by atoms with Crippen LogP contribution in [-0.4, -0.2) is 22.1 Å². The van der Waals surface area contributed by atoms with Crippen molar-refractivity contribution in [2.24, 2.45) is 7.05 Å². The number of nitrogens with zero attached hydrogens (tertiary/aromatic N) is 2. The van der Waals surface area contributed by atoms with Crippen LogP contribution in [0.4, 0.5) is 4.39 Å². The molecule has 3 rings (SSSR count). The second-order valence-electron chi connectivity index (χ2n) is 5.36. The van der Waals surface area contributed by atoms with E-state index in [2.05, 4.69) is 4.98 Å². The first-order valence-corrected chi connectivity index (χ1v) is 8.09. The van der Waals surface area contributed by atoms with Crippen molar-refractivity contribution >= 4 is 39.7 Å². The number of pyridine rings is 1. The Morgan fingerprint density at radius 2 is 2.12 bits per heavy atom. The summed E-state index contributed by atoms with van der Waals surface area (Å²) in [4.78, 5) is 29.1. The monoisotopic (exact) mass is 376 g/mol. The number of carbonyl (C=O) groups is 1. The fourth-order valence-electron chi connectivity index (χ4n) is 2.50. The quantitative estimate of drug-likeness (QED) is 0.502. The van der Waals surface area contributed by atoms with E-state index in [0.717, 1.165) is 12.3 Å². The summed E-state index contributed by atoms with van der Waals surface area (Å²) >= 11 is 5.81. The lowest BCUT2D eigenvalue weighted by atomic mass is 10.2. The highest BCUT2D eigenvalue weighted by Gasteiger charge is 2.16. The van der Waals surface area contributed by atoms with Crippen molar-refractivity contribution in [2.75, 3.05) is 6.61 Å². The van der Waals surface area contributed by atoms with Crippen molar-refractivity contribution in [1.82, 2.24) is 9.55 Å². The van der Waals surface area contributed by atoms with Crippen molar-refractivity contribution < 1.29 is 18.3 Å². The number of hydrogen-bond acceptors (Lipinski definition) is 5. The first-order chi connectivity index (χ1) is 12.4. The van der Waals surface area contributed by atoms with E-state index in [9.17, 15) is 14.0 Å². The van der Waals surface area contributed by atoms with Crippen LogP contribution in [0.2, 0.25) is 5.15 Å². The number of aryl methyl sites for hydroxylation is 1. The van der Waals surface area contributed by atoms with Crippen molar-refractivity contribution in [3.8, 4) is 0 Å². The van der Waals surface area contributed by atoms with Gasteiger partial charge < -0.3 is 13.7 Å². The van der Waals surface area contributed by atoms with Crippen LogP contribution in [0.5, 0.6) is 0 Å². The molecule has 6 nitrogen and oxygen atoms in total. The minimum absolute atomic E-state index is 0.0695. The molecule has 3 aromatic rings. The Balaban J connectivity index is 2.63. The number of fused-ring (bicyclic) bond motifs is 2. The number of ether oxygens (including phenoxy) is 1. The lowest BCUT2D eigenvalue weighted by Gasteiger charge is -2.05. The number of halogens is 2. The van der Waals surface area contributed by atoms with Gasteiger partial charge in [0, 0.05) is 7.05 Å². The summed E-state index contributed by atoms with van der Waals surface area (Å²) in [6.07, 6.45) is 1.01. The van der Waals surface area contributed by atoms with Crippen LogP contribution in [0.25, 0.3) is 22.1 Å². The van der Waals surface area contributed by atoms with E-state index in [1.807, 2.05) is 0 Å². The molecule has 0 saturated carbocycles. The Labute approximate surface area is 152 Å². The maximum absolute atomic E-state index is 14.0. The largest absolute Gasteiger partial charge is 0.462 e. The zero-order valence-corrected chi connectivity index (χ0v) is 14.7. The van der Waals surface area contributed by atoms with Gasteiger partial charge in [0.1, 0.15) is 23.1 Å². The molecule has 0 atom stereocenters. The maximum atomic E-state index is 14.0. The maximum Gasteiger partial charge on any atom is 0.345 e. The molecule has 134 valence electrons. The third-order valence-corrected chi connectivity index (χ3v) is 4.01. The van der Waals surface area contributed by atoms with Gasteiger partial charge in [-0.15, -0.1) is 0 Å². The van der Waals surface area contributed by atoms with Gasteiger partial charge in [0.2, 0.25) is 5.43 Å². The lowest BCUT2D eigenvalue weighted by molar-refractivity contribution is 0.0523. The number of hydrogen-bond donors (Lipinski definition) is 0. The van der Waals surface area contributed by atoms with Gasteiger partial charge in [-0.3, -0.25) is 4.79 Å². The van der Waals surface area contributed by atoms with Crippen LogP contribution < -0.4 is 5.43 Å². The molecular weight excluding hydrogens is 363 g/mol. The Bertz CT molecular complexity index is 1140. The Kier molecular flexibility index (Phi) is 4.90. The molecule has 2 aromatic heterocycles. The highest BCUT2D eigenvalue weighted by atomic mass is 35.5. The Morgan fingerprint density at radius 3 is 2.85 bits per heavy atom. The van der Waals surface area contributed by atoms with Crippen LogP contribution in [0, 0.1) is 5.82 Å². The summed E-state index contributed by atoms with van der Waals surface area (Å²) in [6, 6.07) is 7.83. The summed E-state index contributed by atoms with van der Waals surface area (Å²) < 4.78 is 26.0.